The van der Waals surface area contributed by atoms with Gasteiger partial charge in [0.25, 0.3) is 23.6 Å². The number of ether oxygens (including phenoxy) is 1. The van der Waals surface area contributed by atoms with E-state index in [1.54, 1.807) is 38.8 Å². The monoisotopic (exact) mass is 1840 g/mol. The number of phosphoric acid groups is 4. The molecule has 0 bridgehead atoms. The van der Waals surface area contributed by atoms with Crippen molar-refractivity contribution in [3.8, 4) is 0 Å². The molecule has 4 heterocycles. The Morgan fingerprint density at radius 1 is 0.363 bits per heavy atom. The summed E-state index contributed by atoms with van der Waals surface area (Å²) in [5.41, 5.74) is 44.4. The summed E-state index contributed by atoms with van der Waals surface area (Å²) in [5, 5.41) is 27.8. The summed E-state index contributed by atoms with van der Waals surface area (Å²) in [6.45, 7) is -2.43. The number of carbonyl (C=O) groups excluding carboxylic acids is 7. The van der Waals surface area contributed by atoms with Crippen LogP contribution in [0.3, 0.4) is 0 Å². The molecule has 0 radical (unpaired) electrons. The SMILES string of the molecule is CCNC(=O)c1cc(NC(=O)c2nc(NC(=O)CCNC(=O)c3cc(NC(=O)c4nc(NC(=O)CCNC(=O)COCCOP(=O)(OCCCCCCN=C(N)N)OCCOP(=O)(OCCCCCCN=C(N)N)OCCOP(=O)(OCCCCCCN=C(N)N)OCCOP(=O)(OCCO)OCCCCCCN=C(N)N)cn4C)cn3C)cn2C)cn1C. The van der Waals surface area contributed by atoms with Gasteiger partial charge in [-0.25, -0.2) is 28.2 Å². The van der Waals surface area contributed by atoms with Gasteiger partial charge >= 0.3 is 31.3 Å². The van der Waals surface area contributed by atoms with Crippen LogP contribution in [-0.2, 0) is 120 Å². The van der Waals surface area contributed by atoms with E-state index < -0.39 is 126 Å². The number of amides is 7. The van der Waals surface area contributed by atoms with Gasteiger partial charge in [0.05, 0.1) is 104 Å². The Kier molecular flexibility index (Phi) is 51.4. The Hall–Kier alpha value is -9.29. The maximum atomic E-state index is 14.3. The molecular weight excluding hydrogens is 1710 g/mol. The number of anilines is 4. The van der Waals surface area contributed by atoms with Crippen LogP contribution in [-0.4, -0.2) is 243 Å². The zero-order valence-electron chi connectivity index (χ0n) is 70.9. The lowest BCUT2D eigenvalue weighted by atomic mass is 10.2. The summed E-state index contributed by atoms with van der Waals surface area (Å²) in [4.78, 5) is 115. The lowest BCUT2D eigenvalue weighted by molar-refractivity contribution is -0.126. The fraction of sp³-hybridized carbons (Fsp3) is 0.643. The second kappa shape index (κ2) is 59.6. The Bertz CT molecular complexity index is 4260. The summed E-state index contributed by atoms with van der Waals surface area (Å²) in [5.74, 6) is -4.10. The lowest BCUT2D eigenvalue weighted by Crippen LogP contribution is -2.31. The number of phosphoric ester groups is 4. The van der Waals surface area contributed by atoms with Gasteiger partial charge in [0.1, 0.15) is 18.0 Å². The summed E-state index contributed by atoms with van der Waals surface area (Å²) < 4.78 is 134. The van der Waals surface area contributed by atoms with Crippen molar-refractivity contribution in [1.82, 2.24) is 44.2 Å². The van der Waals surface area contributed by atoms with Crippen molar-refractivity contribution in [2.75, 3.05) is 166 Å². The number of nitrogens with zero attached hydrogens (tertiary/aromatic N) is 10. The van der Waals surface area contributed by atoms with E-state index in [9.17, 15) is 56.9 Å². The van der Waals surface area contributed by atoms with E-state index >= 15 is 0 Å². The highest BCUT2D eigenvalue weighted by molar-refractivity contribution is 7.49. The van der Waals surface area contributed by atoms with Gasteiger partial charge in [-0.1, -0.05) is 51.4 Å². The van der Waals surface area contributed by atoms with Crippen molar-refractivity contribution in [3.05, 3.63) is 60.0 Å². The van der Waals surface area contributed by atoms with Gasteiger partial charge in [0.15, 0.2) is 35.5 Å². The Labute approximate surface area is 719 Å². The maximum Gasteiger partial charge on any atom is 0.474 e. The van der Waals surface area contributed by atoms with Crippen LogP contribution in [0.5, 0.6) is 0 Å². The predicted molar refractivity (Wildman–Crippen MR) is 459 cm³/mol. The van der Waals surface area contributed by atoms with E-state index in [1.165, 1.54) is 51.5 Å². The van der Waals surface area contributed by atoms with E-state index in [0.29, 0.717) is 140 Å². The molecule has 0 saturated heterocycles. The van der Waals surface area contributed by atoms with Crippen LogP contribution in [0.15, 0.2) is 56.9 Å². The second-order valence-electron chi connectivity index (χ2n) is 27.0. The third-order valence-electron chi connectivity index (χ3n) is 16.5. The molecule has 54 heteroatoms. The molecule has 24 N–H and O–H groups in total. The van der Waals surface area contributed by atoms with Gasteiger partial charge in [-0.15, -0.1) is 0 Å². The highest BCUT2D eigenvalue weighted by atomic mass is 31.2. The molecule has 0 aliphatic carbocycles. The summed E-state index contributed by atoms with van der Waals surface area (Å²) >= 11 is 0. The van der Waals surface area contributed by atoms with Crippen molar-refractivity contribution in [1.29, 1.82) is 0 Å². The van der Waals surface area contributed by atoms with Gasteiger partial charge in [-0.05, 0) is 70.4 Å². The first kappa shape index (κ1) is 107. The largest absolute Gasteiger partial charge is 0.474 e. The summed E-state index contributed by atoms with van der Waals surface area (Å²) in [6.07, 6.45) is 15.0. The zero-order chi connectivity index (χ0) is 91.2. The smallest absolute Gasteiger partial charge is 0.394 e. The molecule has 124 heavy (non-hydrogen) atoms. The van der Waals surface area contributed by atoms with Gasteiger partial charge < -0.3 is 111 Å². The van der Waals surface area contributed by atoms with Crippen LogP contribution in [0, 0.1) is 0 Å². The number of aliphatic hydroxyl groups excluding tert-OH is 1. The number of rotatable bonds is 71. The van der Waals surface area contributed by atoms with E-state index in [0.717, 1.165) is 6.42 Å². The highest BCUT2D eigenvalue weighted by Crippen LogP contribution is 2.54. The average Bonchev–Trinajstić information content (AvgIpc) is 1.68. The minimum atomic E-state index is -4.57. The molecular formula is C70H125N25O25P4. The molecule has 4 unspecified atom stereocenters. The topological polar surface area (TPSA) is 715 Å². The van der Waals surface area contributed by atoms with E-state index in [2.05, 4.69) is 67.2 Å². The number of nitrogens with two attached hydrogens (primary N) is 8. The van der Waals surface area contributed by atoms with E-state index in [4.69, 9.17) is 105 Å². The standard InChI is InChI=1S/C70H125N25O25P4/c1-6-79-63(100)54-45-52(47-92(54)2)86-65(102)61-91-57(50-95(61)5)89-59(98)24-30-81-64(101)55-46-53(48-93(55)3)87-66(103)62-90-56(49-94(62)4)88-58(97)23-29-80-60(99)51-108-37-38-114-122(105,110-33-20-12-8-16-26-83-68(73)74)116-41-42-118-124(107,112-35-22-14-10-18-28-85-70(77)78)120-44-43-119-123(106,111-34-21-13-9-17-27-84-69(75)76)117-40-39-115-121(104,113-36-31-96)109-32-19-11-7-15-25-82-67(71)72/h45-50,96H,6-44,51H2,1-5H3,(H,79,100)(H,80,99)(H,81,101)(H,86,102)(H,87,103)(H,88,97)(H,89,98)(H4,71,72,82)(H4,73,74,83)(H4,75,76,84)(H4,77,78,85). The number of unbranched alkanes of at least 4 members (excludes halogenated alkanes) is 12. The van der Waals surface area contributed by atoms with Gasteiger partial charge in [-0.3, -0.25) is 108 Å². The molecule has 0 saturated carbocycles. The fourth-order valence-electron chi connectivity index (χ4n) is 10.6. The summed E-state index contributed by atoms with van der Waals surface area (Å²) in [6, 6.07) is 2.92. The molecule has 0 fully saturated rings. The van der Waals surface area contributed by atoms with Crippen LogP contribution in [0.25, 0.3) is 0 Å². The van der Waals surface area contributed by atoms with Crippen LogP contribution in [0.2, 0.25) is 0 Å². The number of hydrogen-bond donors (Lipinski definition) is 16. The average molecular weight is 1840 g/mol. The first-order valence-electron chi connectivity index (χ1n) is 40.2. The minimum absolute atomic E-state index is 0.00906. The first-order valence-corrected chi connectivity index (χ1v) is 46.0. The van der Waals surface area contributed by atoms with E-state index in [-0.39, 0.29) is 130 Å². The molecule has 4 rings (SSSR count). The number of nitrogens with one attached hydrogen (secondary N) is 7. The fourth-order valence-corrected chi connectivity index (χ4v) is 15.3. The number of aromatic nitrogens is 6. The minimum Gasteiger partial charge on any atom is -0.394 e. The third kappa shape index (κ3) is 46.1. The number of aryl methyl sites for hydroxylation is 4. The number of aliphatic hydroxyl groups is 1. The number of imidazole rings is 2. The molecule has 7 amide bonds. The molecule has 0 aromatic carbocycles. The Morgan fingerprint density at radius 3 is 0.984 bits per heavy atom. The van der Waals surface area contributed by atoms with Crippen LogP contribution in [0.1, 0.15) is 165 Å². The van der Waals surface area contributed by atoms with Gasteiger partial charge in [-0.2, -0.15) is 0 Å². The molecule has 4 aromatic rings. The van der Waals surface area contributed by atoms with Crippen LogP contribution < -0.4 is 83.1 Å². The Balaban J connectivity index is 1.28. The van der Waals surface area contributed by atoms with E-state index in [1.807, 2.05) is 0 Å². The normalized spacial score (nSPS) is 13.2. The Morgan fingerprint density at radius 2 is 0.661 bits per heavy atom. The molecule has 0 aliphatic rings. The predicted octanol–water partition coefficient (Wildman–Crippen LogP) is 3.26. The number of guanidine groups is 4. The van der Waals surface area contributed by atoms with Crippen LogP contribution in [0.4, 0.5) is 23.0 Å². The molecule has 0 spiro atoms. The molecule has 50 nitrogen and oxygen atoms in total. The number of carbonyl (C=O) groups is 7. The zero-order valence-corrected chi connectivity index (χ0v) is 74.5. The third-order valence-corrected chi connectivity index (χ3v) is 22.5. The quantitative estimate of drug-likeness (QED) is 0.0130. The molecule has 0 aliphatic heterocycles. The maximum absolute atomic E-state index is 14.3. The summed E-state index contributed by atoms with van der Waals surface area (Å²) in [7, 11) is -11.5. The molecule has 700 valence electrons. The van der Waals surface area contributed by atoms with Crippen molar-refractivity contribution in [3.63, 3.8) is 0 Å². The number of hydrogen-bond acceptors (Lipinski definition) is 31. The van der Waals surface area contributed by atoms with Crippen molar-refractivity contribution < 1.29 is 116 Å². The van der Waals surface area contributed by atoms with Crippen LogP contribution >= 0.6 is 31.3 Å². The lowest BCUT2D eigenvalue weighted by Gasteiger charge is -2.22. The highest BCUT2D eigenvalue weighted by Gasteiger charge is 2.34. The van der Waals surface area contributed by atoms with Crippen molar-refractivity contribution >= 4 is 119 Å². The number of aliphatic imine (C=N–C) groups is 4. The molecule has 4 aromatic heterocycles. The van der Waals surface area contributed by atoms with Gasteiger partial charge in [0, 0.05) is 112 Å². The van der Waals surface area contributed by atoms with Crippen molar-refractivity contribution in [2.24, 2.45) is 94.0 Å². The first-order chi connectivity index (χ1) is 59.2. The van der Waals surface area contributed by atoms with Crippen molar-refractivity contribution in [2.45, 2.75) is 122 Å². The second-order valence-corrected chi connectivity index (χ2v) is 33.7. The molecule has 4 atom stereocenters. The van der Waals surface area contributed by atoms with Gasteiger partial charge in [0.2, 0.25) is 29.4 Å².